The van der Waals surface area contributed by atoms with Gasteiger partial charge < -0.3 is 10.1 Å². The fourth-order valence-electron chi connectivity index (χ4n) is 2.97. The number of nitrogens with zero attached hydrogens (tertiary/aromatic N) is 3. The highest BCUT2D eigenvalue weighted by Gasteiger charge is 2.38. The minimum absolute atomic E-state index is 0.0818. The normalized spacial score (nSPS) is 15.4. The van der Waals surface area contributed by atoms with Crippen LogP contribution in [0.25, 0.3) is 5.69 Å². The topological polar surface area (TPSA) is 127 Å². The van der Waals surface area contributed by atoms with E-state index in [1.807, 2.05) is 0 Å². The Kier molecular flexibility index (Phi) is 4.24. The van der Waals surface area contributed by atoms with Crippen molar-refractivity contribution in [2.24, 2.45) is 5.92 Å². The predicted molar refractivity (Wildman–Crippen MR) is 99.2 cm³/mol. The number of Topliss-reactive ketones (excluding diaryl/α,β-unsaturated/α-hetero) is 2. The van der Waals surface area contributed by atoms with E-state index in [1.165, 1.54) is 22.9 Å². The second-order valence-electron chi connectivity index (χ2n) is 6.03. The van der Waals surface area contributed by atoms with Gasteiger partial charge >= 0.3 is 0 Å². The molecule has 0 aliphatic heterocycles. The molecule has 0 bridgehead atoms. The molecule has 1 unspecified atom stereocenters. The number of fused-ring (bicyclic) bond motifs is 1. The Bertz CT molecular complexity index is 1210. The number of hydrogen-bond donors (Lipinski definition) is 2. The number of tetrazole rings is 1. The van der Waals surface area contributed by atoms with E-state index >= 15 is 0 Å². The molecule has 0 saturated carbocycles. The highest BCUT2D eigenvalue weighted by molar-refractivity contribution is 7.71. The minimum Gasteiger partial charge on any atom is -0.322 e. The first kappa shape index (κ1) is 17.6. The Balaban J connectivity index is 1.61. The van der Waals surface area contributed by atoms with Gasteiger partial charge in [-0.25, -0.2) is 4.68 Å². The molecule has 0 saturated heterocycles. The summed E-state index contributed by atoms with van der Waals surface area (Å²) < 4.78 is 1.69. The van der Waals surface area contributed by atoms with Crippen molar-refractivity contribution >= 4 is 41.7 Å². The summed E-state index contributed by atoms with van der Waals surface area (Å²) >= 11 is 5.05. The summed E-state index contributed by atoms with van der Waals surface area (Å²) in [7, 11) is 0. The molecule has 2 N–H and O–H groups in total. The lowest BCUT2D eigenvalue weighted by molar-refractivity contribution is -0.108. The number of anilines is 1. The third kappa shape index (κ3) is 2.85. The maximum Gasteiger partial charge on any atom is 0.255 e. The van der Waals surface area contributed by atoms with Gasteiger partial charge in [-0.05, 0) is 48.6 Å². The van der Waals surface area contributed by atoms with Crippen LogP contribution in [-0.4, -0.2) is 44.0 Å². The fourth-order valence-corrected chi connectivity index (χ4v) is 3.16. The Morgan fingerprint density at radius 2 is 1.93 bits per heavy atom. The number of aromatic nitrogens is 4. The summed E-state index contributed by atoms with van der Waals surface area (Å²) in [4.78, 5) is 47.7. The van der Waals surface area contributed by atoms with Crippen LogP contribution < -0.4 is 5.32 Å². The molecule has 1 aliphatic carbocycles. The maximum atomic E-state index is 12.6. The van der Waals surface area contributed by atoms with E-state index in [0.29, 0.717) is 17.7 Å². The molecule has 1 amide bonds. The Labute approximate surface area is 162 Å². The molecule has 0 radical (unpaired) electrons. The molecule has 0 fully saturated rings. The van der Waals surface area contributed by atoms with Crippen molar-refractivity contribution in [3.05, 3.63) is 63.9 Å². The van der Waals surface area contributed by atoms with Gasteiger partial charge in [-0.15, -0.1) is 0 Å². The van der Waals surface area contributed by atoms with Gasteiger partial charge in [0.2, 0.25) is 4.77 Å². The van der Waals surface area contributed by atoms with Crippen molar-refractivity contribution in [3.8, 4) is 5.69 Å². The van der Waals surface area contributed by atoms with Crippen LogP contribution in [0.5, 0.6) is 0 Å². The number of ketones is 2. The molecule has 3 aromatic rings. The summed E-state index contributed by atoms with van der Waals surface area (Å²) in [5.41, 5.74) is 1.53. The smallest absolute Gasteiger partial charge is 0.255 e. The van der Waals surface area contributed by atoms with Crippen LogP contribution >= 0.6 is 12.2 Å². The summed E-state index contributed by atoms with van der Waals surface area (Å²) in [6.45, 7) is 0. The lowest BCUT2D eigenvalue weighted by atomic mass is 10.1. The van der Waals surface area contributed by atoms with E-state index in [1.54, 1.807) is 24.3 Å². The molecule has 9 nitrogen and oxygen atoms in total. The number of aldehydes is 1. The first-order valence-corrected chi connectivity index (χ1v) is 8.50. The number of aromatic amines is 1. The standard InChI is InChI=1S/C18H11N5O4S/c24-8-14-15(25)12-5-4-9(6-13(12)16(14)26)17(27)19-10-2-1-3-11(7-10)23-18(28)20-21-22-23/h1-8,14H,(H,19,27)(H,20,22,28). The Hall–Kier alpha value is -3.79. The zero-order chi connectivity index (χ0) is 19.8. The monoisotopic (exact) mass is 393 g/mol. The van der Waals surface area contributed by atoms with Crippen LogP contribution in [-0.2, 0) is 4.79 Å². The van der Waals surface area contributed by atoms with Crippen molar-refractivity contribution in [1.29, 1.82) is 0 Å². The van der Waals surface area contributed by atoms with Crippen molar-refractivity contribution in [2.75, 3.05) is 5.32 Å². The summed E-state index contributed by atoms with van der Waals surface area (Å²) in [6, 6.07) is 11.0. The molecule has 28 heavy (non-hydrogen) atoms. The average Bonchev–Trinajstić information content (AvgIpc) is 3.23. The SMILES string of the molecule is O=CC1C(=O)c2ccc(C(=O)Nc3cccc(-n4[nH]nnc4=S)c3)cc2C1=O. The number of amides is 1. The van der Waals surface area contributed by atoms with Gasteiger partial charge in [0, 0.05) is 22.4 Å². The lowest BCUT2D eigenvalue weighted by Crippen LogP contribution is -2.16. The molecule has 2 aromatic carbocycles. The van der Waals surface area contributed by atoms with Gasteiger partial charge in [0.05, 0.1) is 5.69 Å². The molecule has 4 rings (SSSR count). The number of benzene rings is 2. The van der Waals surface area contributed by atoms with Crippen molar-refractivity contribution in [3.63, 3.8) is 0 Å². The van der Waals surface area contributed by atoms with Crippen molar-refractivity contribution in [2.45, 2.75) is 0 Å². The van der Waals surface area contributed by atoms with Gasteiger partial charge in [-0.1, -0.05) is 16.4 Å². The number of hydrogen-bond acceptors (Lipinski definition) is 7. The van der Waals surface area contributed by atoms with E-state index in [4.69, 9.17) is 12.2 Å². The fraction of sp³-hybridized carbons (Fsp3) is 0.0556. The van der Waals surface area contributed by atoms with Crippen LogP contribution in [0.1, 0.15) is 31.1 Å². The van der Waals surface area contributed by atoms with E-state index < -0.39 is 23.4 Å². The quantitative estimate of drug-likeness (QED) is 0.393. The minimum atomic E-state index is -1.32. The van der Waals surface area contributed by atoms with Crippen LogP contribution in [0.2, 0.25) is 0 Å². The van der Waals surface area contributed by atoms with Crippen molar-refractivity contribution < 1.29 is 19.2 Å². The number of nitrogens with one attached hydrogen (secondary N) is 2. The molecule has 1 aliphatic rings. The number of carbonyl (C=O) groups excluding carboxylic acids is 4. The number of H-pyrrole nitrogens is 1. The summed E-state index contributed by atoms with van der Waals surface area (Å²) in [5.74, 6) is -2.92. The maximum absolute atomic E-state index is 12.6. The zero-order valence-corrected chi connectivity index (χ0v) is 14.9. The second kappa shape index (κ2) is 6.74. The molecule has 1 heterocycles. The molecule has 10 heteroatoms. The van der Waals surface area contributed by atoms with E-state index in [0.717, 1.165) is 0 Å². The second-order valence-corrected chi connectivity index (χ2v) is 6.39. The van der Waals surface area contributed by atoms with Gasteiger partial charge in [0.25, 0.3) is 5.91 Å². The number of carbonyl (C=O) groups is 4. The Morgan fingerprint density at radius 1 is 1.14 bits per heavy atom. The van der Waals surface area contributed by atoms with Crippen LogP contribution in [0.3, 0.4) is 0 Å². The van der Waals surface area contributed by atoms with E-state index in [9.17, 15) is 19.2 Å². The summed E-state index contributed by atoms with van der Waals surface area (Å²) in [5, 5.41) is 12.6. The van der Waals surface area contributed by atoms with Crippen molar-refractivity contribution in [1.82, 2.24) is 20.2 Å². The molecular weight excluding hydrogens is 382 g/mol. The van der Waals surface area contributed by atoms with Gasteiger partial charge in [0.15, 0.2) is 11.6 Å². The molecule has 0 spiro atoms. The largest absolute Gasteiger partial charge is 0.322 e. The highest BCUT2D eigenvalue weighted by Crippen LogP contribution is 2.27. The van der Waals surface area contributed by atoms with Gasteiger partial charge in [-0.2, -0.15) is 5.21 Å². The molecule has 1 atom stereocenters. The predicted octanol–water partition coefficient (Wildman–Crippen LogP) is 1.77. The summed E-state index contributed by atoms with van der Waals surface area (Å²) in [6.07, 6.45) is 0.325. The average molecular weight is 393 g/mol. The lowest BCUT2D eigenvalue weighted by Gasteiger charge is -2.08. The Morgan fingerprint density at radius 3 is 2.64 bits per heavy atom. The third-order valence-electron chi connectivity index (χ3n) is 4.35. The van der Waals surface area contributed by atoms with Gasteiger partial charge in [0.1, 0.15) is 12.2 Å². The van der Waals surface area contributed by atoms with E-state index in [2.05, 4.69) is 20.8 Å². The van der Waals surface area contributed by atoms with Gasteiger partial charge in [-0.3, -0.25) is 14.4 Å². The first-order chi connectivity index (χ1) is 13.5. The van der Waals surface area contributed by atoms with Crippen LogP contribution in [0.4, 0.5) is 5.69 Å². The number of rotatable bonds is 4. The first-order valence-electron chi connectivity index (χ1n) is 8.09. The molecule has 138 valence electrons. The van der Waals surface area contributed by atoms with E-state index in [-0.39, 0.29) is 21.5 Å². The third-order valence-corrected chi connectivity index (χ3v) is 4.61. The molecular formula is C18H11N5O4S. The van der Waals surface area contributed by atoms with Crippen LogP contribution in [0, 0.1) is 10.7 Å². The van der Waals surface area contributed by atoms with Crippen LogP contribution in [0.15, 0.2) is 42.5 Å². The molecule has 1 aromatic heterocycles. The highest BCUT2D eigenvalue weighted by atomic mass is 32.1. The zero-order valence-electron chi connectivity index (χ0n) is 14.1.